The Balaban J connectivity index is 1.71. The van der Waals surface area contributed by atoms with Gasteiger partial charge in [-0.3, -0.25) is 10.1 Å². The van der Waals surface area contributed by atoms with Crippen LogP contribution in [0.1, 0.15) is 25.7 Å². The van der Waals surface area contributed by atoms with E-state index in [9.17, 15) is 10.1 Å². The molecule has 0 unspecified atom stereocenters. The second kappa shape index (κ2) is 6.35. The van der Waals surface area contributed by atoms with E-state index in [-0.39, 0.29) is 10.6 Å². The van der Waals surface area contributed by atoms with Crippen molar-refractivity contribution >= 4 is 11.4 Å². The van der Waals surface area contributed by atoms with Crippen LogP contribution in [0.4, 0.5) is 11.4 Å². The number of hydrogen-bond acceptors (Lipinski definition) is 5. The van der Waals surface area contributed by atoms with E-state index < -0.39 is 0 Å². The van der Waals surface area contributed by atoms with Crippen LogP contribution in [0.25, 0.3) is 0 Å². The Kier molecular flexibility index (Phi) is 4.43. The van der Waals surface area contributed by atoms with Crippen molar-refractivity contribution in [2.24, 2.45) is 5.41 Å². The van der Waals surface area contributed by atoms with Crippen LogP contribution < -0.4 is 9.64 Å². The number of likely N-dealkylation sites (tertiary alicyclic amines) is 1. The zero-order chi connectivity index (χ0) is 16.4. The number of anilines is 1. The van der Waals surface area contributed by atoms with Crippen molar-refractivity contribution in [1.29, 1.82) is 0 Å². The molecule has 2 aliphatic rings. The van der Waals surface area contributed by atoms with Gasteiger partial charge in [0.15, 0.2) is 0 Å². The van der Waals surface area contributed by atoms with Crippen molar-refractivity contribution in [3.05, 3.63) is 28.3 Å². The molecule has 0 N–H and O–H groups in total. The van der Waals surface area contributed by atoms with E-state index in [1.54, 1.807) is 13.2 Å². The Labute approximate surface area is 137 Å². The highest BCUT2D eigenvalue weighted by atomic mass is 16.6. The minimum Gasteiger partial charge on any atom is -0.494 e. The summed E-state index contributed by atoms with van der Waals surface area (Å²) < 4.78 is 5.39. The lowest BCUT2D eigenvalue weighted by molar-refractivity contribution is -0.384. The summed E-state index contributed by atoms with van der Waals surface area (Å²) in [6.07, 6.45) is 4.96. The predicted octanol–water partition coefficient (Wildman–Crippen LogP) is 2.92. The van der Waals surface area contributed by atoms with Gasteiger partial charge in [-0.05, 0) is 57.3 Å². The molecular weight excluding hydrogens is 294 g/mol. The first-order valence-corrected chi connectivity index (χ1v) is 8.29. The Hall–Kier alpha value is -1.82. The van der Waals surface area contributed by atoms with E-state index in [2.05, 4.69) is 16.8 Å². The number of nitro groups is 1. The van der Waals surface area contributed by atoms with Crippen molar-refractivity contribution in [3.63, 3.8) is 0 Å². The van der Waals surface area contributed by atoms with E-state index in [0.29, 0.717) is 11.2 Å². The standard InChI is InChI=1S/C17H25N3O3/c1-18-9-5-17(6-10-18)7-11-19(12-8-17)15-4-3-14(20(21)22)13-16(15)23-2/h3-4,13H,5-12H2,1-2H3. The molecule has 0 aliphatic carbocycles. The molecule has 1 aromatic carbocycles. The number of rotatable bonds is 3. The molecule has 0 saturated carbocycles. The molecule has 1 spiro atoms. The summed E-state index contributed by atoms with van der Waals surface area (Å²) in [7, 11) is 3.77. The normalized spacial score (nSPS) is 21.4. The van der Waals surface area contributed by atoms with Gasteiger partial charge in [0.2, 0.25) is 0 Å². The first-order chi connectivity index (χ1) is 11.0. The van der Waals surface area contributed by atoms with Gasteiger partial charge >= 0.3 is 0 Å². The number of benzene rings is 1. The summed E-state index contributed by atoms with van der Waals surface area (Å²) in [6, 6.07) is 4.91. The van der Waals surface area contributed by atoms with Gasteiger partial charge in [-0.2, -0.15) is 0 Å². The molecule has 0 amide bonds. The summed E-state index contributed by atoms with van der Waals surface area (Å²) in [5.74, 6) is 0.596. The Bertz CT molecular complexity index is 572. The molecular formula is C17H25N3O3. The summed E-state index contributed by atoms with van der Waals surface area (Å²) in [4.78, 5) is 15.3. The number of non-ortho nitro benzene ring substituents is 1. The van der Waals surface area contributed by atoms with Crippen molar-refractivity contribution < 1.29 is 9.66 Å². The quantitative estimate of drug-likeness (QED) is 0.633. The summed E-state index contributed by atoms with van der Waals surface area (Å²) in [6.45, 7) is 4.39. The molecule has 3 rings (SSSR count). The van der Waals surface area contributed by atoms with Crippen LogP contribution >= 0.6 is 0 Å². The van der Waals surface area contributed by atoms with Gasteiger partial charge in [-0.25, -0.2) is 0 Å². The number of nitro benzene ring substituents is 1. The topological polar surface area (TPSA) is 58.9 Å². The SMILES string of the molecule is COc1cc([N+](=O)[O-])ccc1N1CCC2(CCN(C)CC2)CC1. The Morgan fingerprint density at radius 1 is 1.13 bits per heavy atom. The summed E-state index contributed by atoms with van der Waals surface area (Å²) in [5, 5.41) is 10.9. The fraction of sp³-hybridized carbons (Fsp3) is 0.647. The van der Waals surface area contributed by atoms with Crippen molar-refractivity contribution in [2.75, 3.05) is 45.2 Å². The fourth-order valence-electron chi connectivity index (χ4n) is 3.86. The van der Waals surface area contributed by atoms with Gasteiger partial charge in [0.25, 0.3) is 5.69 Å². The first-order valence-electron chi connectivity index (χ1n) is 8.29. The zero-order valence-electron chi connectivity index (χ0n) is 14.0. The highest BCUT2D eigenvalue weighted by Crippen LogP contribution is 2.43. The summed E-state index contributed by atoms with van der Waals surface area (Å²) in [5.41, 5.74) is 1.55. The van der Waals surface area contributed by atoms with Crippen LogP contribution in [-0.2, 0) is 0 Å². The molecule has 0 atom stereocenters. The molecule has 2 aliphatic heterocycles. The van der Waals surface area contributed by atoms with E-state index in [1.165, 1.54) is 44.8 Å². The smallest absolute Gasteiger partial charge is 0.273 e. The number of nitrogens with zero attached hydrogens (tertiary/aromatic N) is 3. The molecule has 6 heteroatoms. The third-order valence-electron chi connectivity index (χ3n) is 5.59. The highest BCUT2D eigenvalue weighted by molar-refractivity contribution is 5.62. The number of methoxy groups -OCH3 is 1. The van der Waals surface area contributed by atoms with Gasteiger partial charge in [-0.1, -0.05) is 0 Å². The molecule has 2 saturated heterocycles. The molecule has 126 valence electrons. The molecule has 23 heavy (non-hydrogen) atoms. The van der Waals surface area contributed by atoms with Gasteiger partial charge in [-0.15, -0.1) is 0 Å². The highest BCUT2D eigenvalue weighted by Gasteiger charge is 2.37. The average Bonchev–Trinajstić information content (AvgIpc) is 2.58. The van der Waals surface area contributed by atoms with Crippen molar-refractivity contribution in [1.82, 2.24) is 4.90 Å². The second-order valence-electron chi connectivity index (χ2n) is 6.90. The number of ether oxygens (including phenoxy) is 1. The summed E-state index contributed by atoms with van der Waals surface area (Å²) >= 11 is 0. The Morgan fingerprint density at radius 3 is 2.30 bits per heavy atom. The largest absolute Gasteiger partial charge is 0.494 e. The zero-order valence-corrected chi connectivity index (χ0v) is 14.0. The van der Waals surface area contributed by atoms with Crippen molar-refractivity contribution in [2.45, 2.75) is 25.7 Å². The average molecular weight is 319 g/mol. The molecule has 0 radical (unpaired) electrons. The third-order valence-corrected chi connectivity index (χ3v) is 5.59. The lowest BCUT2D eigenvalue weighted by atomic mass is 9.71. The lowest BCUT2D eigenvalue weighted by Gasteiger charge is -2.47. The molecule has 0 bridgehead atoms. The van der Waals surface area contributed by atoms with E-state index >= 15 is 0 Å². The molecule has 1 aromatic rings. The van der Waals surface area contributed by atoms with E-state index in [4.69, 9.17) is 4.74 Å². The van der Waals surface area contributed by atoms with Crippen LogP contribution in [0, 0.1) is 15.5 Å². The molecule has 6 nitrogen and oxygen atoms in total. The molecule has 2 fully saturated rings. The maximum atomic E-state index is 10.9. The maximum absolute atomic E-state index is 10.9. The van der Waals surface area contributed by atoms with E-state index in [0.717, 1.165) is 18.8 Å². The van der Waals surface area contributed by atoms with Crippen LogP contribution in [0.2, 0.25) is 0 Å². The van der Waals surface area contributed by atoms with Crippen LogP contribution in [0.15, 0.2) is 18.2 Å². The lowest BCUT2D eigenvalue weighted by Crippen LogP contribution is -2.46. The van der Waals surface area contributed by atoms with Crippen LogP contribution in [0.3, 0.4) is 0 Å². The first kappa shape index (κ1) is 16.1. The van der Waals surface area contributed by atoms with Gasteiger partial charge in [0.05, 0.1) is 23.8 Å². The minimum absolute atomic E-state index is 0.0781. The maximum Gasteiger partial charge on any atom is 0.273 e. The monoisotopic (exact) mass is 319 g/mol. The third kappa shape index (κ3) is 3.27. The molecule has 2 heterocycles. The number of hydrogen-bond donors (Lipinski definition) is 0. The van der Waals surface area contributed by atoms with Crippen molar-refractivity contribution in [3.8, 4) is 5.75 Å². The van der Waals surface area contributed by atoms with Gasteiger partial charge < -0.3 is 14.5 Å². The minimum atomic E-state index is -0.379. The van der Waals surface area contributed by atoms with Crippen LogP contribution in [0.5, 0.6) is 5.75 Å². The fourth-order valence-corrected chi connectivity index (χ4v) is 3.86. The van der Waals surface area contributed by atoms with Crippen LogP contribution in [-0.4, -0.2) is 50.2 Å². The Morgan fingerprint density at radius 2 is 1.74 bits per heavy atom. The van der Waals surface area contributed by atoms with Gasteiger partial charge in [0.1, 0.15) is 5.75 Å². The van der Waals surface area contributed by atoms with Gasteiger partial charge in [0, 0.05) is 19.2 Å². The predicted molar refractivity (Wildman–Crippen MR) is 90.3 cm³/mol. The number of piperidine rings is 2. The molecule has 0 aromatic heterocycles. The second-order valence-corrected chi connectivity index (χ2v) is 6.90. The van der Waals surface area contributed by atoms with E-state index in [1.807, 2.05) is 6.07 Å².